The van der Waals surface area contributed by atoms with Gasteiger partial charge in [0.05, 0.1) is 0 Å². The number of H-pyrrole nitrogens is 1. The van der Waals surface area contributed by atoms with Gasteiger partial charge < -0.3 is 0 Å². The number of para-hydroxylation sites is 1. The molecule has 0 aliphatic heterocycles. The third-order valence-corrected chi connectivity index (χ3v) is 2.13. The Kier molecular flexibility index (Phi) is 3.76. The molecule has 0 fully saturated rings. The fraction of sp³-hybridized carbons (Fsp3) is 0. The predicted octanol–water partition coefficient (Wildman–Crippen LogP) is -3.04. The van der Waals surface area contributed by atoms with Gasteiger partial charge in [-0.25, -0.2) is 23.6 Å². The quantitative estimate of drug-likeness (QED) is 0.484. The Hall–Kier alpha value is -0.760. The van der Waals surface area contributed by atoms with Gasteiger partial charge in [-0.1, -0.05) is 23.5 Å². The van der Waals surface area contributed by atoms with Crippen LogP contribution < -0.4 is 23.6 Å². The number of hydrogen-bond donors (Lipinski definition) is 0. The van der Waals surface area contributed by atoms with E-state index in [1.54, 1.807) is 11.3 Å². The van der Waals surface area contributed by atoms with Crippen LogP contribution in [0.15, 0.2) is 29.8 Å². The number of thiazole rings is 1. The van der Waals surface area contributed by atoms with E-state index in [0.717, 1.165) is 0 Å². The van der Waals surface area contributed by atoms with Gasteiger partial charge in [0.2, 0.25) is 11.0 Å². The highest BCUT2D eigenvalue weighted by molar-refractivity contribution is 7.16. The van der Waals surface area contributed by atoms with Crippen LogP contribution in [0.2, 0.25) is 0 Å². The first kappa shape index (κ1) is 11.3. The normalized spacial score (nSPS) is 10.9. The number of hydrogen-bond acceptors (Lipinski definition) is 5. The Bertz CT molecular complexity index is 363. The summed E-state index contributed by atoms with van der Waals surface area (Å²) in [6.07, 6.45) is 0. The molecule has 0 aliphatic rings. The standard InChI is InChI=1S/C7H5NS.ClHO4/c1-2-4-7-6(3-1)8-5-9-7;2-1(3,4)5/h1-5H;(H,2,3,4,5). The molecule has 0 bridgehead atoms. The van der Waals surface area contributed by atoms with Gasteiger partial charge in [-0.2, -0.15) is 0 Å². The fourth-order valence-electron chi connectivity index (χ4n) is 0.845. The second-order valence-electron chi connectivity index (χ2n) is 2.25. The van der Waals surface area contributed by atoms with Crippen molar-refractivity contribution in [2.45, 2.75) is 0 Å². The molecule has 0 saturated carbocycles. The summed E-state index contributed by atoms with van der Waals surface area (Å²) in [5, 5.41) is 0. The molecule has 2 rings (SSSR count). The first-order chi connectivity index (χ1) is 6.47. The number of halogens is 1. The van der Waals surface area contributed by atoms with Crippen molar-refractivity contribution in [2.24, 2.45) is 0 Å². The maximum atomic E-state index is 8.49. The molecule has 7 heteroatoms. The molecule has 1 aromatic heterocycles. The maximum Gasteiger partial charge on any atom is 0.224 e. The van der Waals surface area contributed by atoms with Crippen molar-refractivity contribution in [3.05, 3.63) is 29.8 Å². The van der Waals surface area contributed by atoms with Crippen molar-refractivity contribution in [1.82, 2.24) is 0 Å². The highest BCUT2D eigenvalue weighted by Crippen LogP contribution is 2.12. The van der Waals surface area contributed by atoms with E-state index in [9.17, 15) is 0 Å². The summed E-state index contributed by atoms with van der Waals surface area (Å²) >= 11 is 1.73. The summed E-state index contributed by atoms with van der Waals surface area (Å²) in [6.45, 7) is 0. The lowest BCUT2D eigenvalue weighted by Gasteiger charge is -2.17. The third-order valence-electron chi connectivity index (χ3n) is 1.29. The van der Waals surface area contributed by atoms with Gasteiger partial charge in [-0.3, -0.25) is 0 Å². The van der Waals surface area contributed by atoms with Gasteiger partial charge in [0.15, 0.2) is 0 Å². The van der Waals surface area contributed by atoms with Gasteiger partial charge in [0.25, 0.3) is 0 Å². The zero-order valence-corrected chi connectivity index (χ0v) is 8.38. The summed E-state index contributed by atoms with van der Waals surface area (Å²) < 4.78 is 35.3. The Morgan fingerprint density at radius 2 is 1.64 bits per heavy atom. The van der Waals surface area contributed by atoms with Gasteiger partial charge in [-0.05, 0) is 6.07 Å². The summed E-state index contributed by atoms with van der Waals surface area (Å²) in [4.78, 5) is 3.14. The van der Waals surface area contributed by atoms with E-state index < -0.39 is 10.2 Å². The second-order valence-corrected chi connectivity index (χ2v) is 3.92. The minimum atomic E-state index is -4.94. The number of aromatic amines is 1. The molecule has 14 heavy (non-hydrogen) atoms. The minimum absolute atomic E-state index is 1.22. The molecule has 0 spiro atoms. The Balaban J connectivity index is 0.000000171. The number of benzene rings is 1. The van der Waals surface area contributed by atoms with Crippen LogP contribution in [0.1, 0.15) is 0 Å². The van der Waals surface area contributed by atoms with Crippen molar-refractivity contribution in [3.63, 3.8) is 0 Å². The lowest BCUT2D eigenvalue weighted by atomic mass is 10.3. The zero-order valence-electron chi connectivity index (χ0n) is 6.81. The largest absolute Gasteiger partial charge is 0.224 e. The smallest absolute Gasteiger partial charge is 0.222 e. The maximum absolute atomic E-state index is 8.49. The van der Waals surface area contributed by atoms with Crippen molar-refractivity contribution in [3.8, 4) is 0 Å². The summed E-state index contributed by atoms with van der Waals surface area (Å²) in [6, 6.07) is 8.26. The Morgan fingerprint density at radius 3 is 2.21 bits per heavy atom. The number of nitrogens with one attached hydrogen (secondary N) is 1. The van der Waals surface area contributed by atoms with E-state index in [2.05, 4.69) is 17.1 Å². The fourth-order valence-corrected chi connectivity index (χ4v) is 1.57. The summed E-state index contributed by atoms with van der Waals surface area (Å²) in [5.41, 5.74) is 3.22. The average molecular weight is 236 g/mol. The molecule has 0 amide bonds. The van der Waals surface area contributed by atoms with Crippen LogP contribution in [-0.4, -0.2) is 0 Å². The Morgan fingerprint density at radius 1 is 1.07 bits per heavy atom. The summed E-state index contributed by atoms with van der Waals surface area (Å²) in [7, 11) is -4.94. The summed E-state index contributed by atoms with van der Waals surface area (Å²) in [5.74, 6) is 0. The van der Waals surface area contributed by atoms with Crippen LogP contribution in [0.4, 0.5) is 0 Å². The van der Waals surface area contributed by atoms with Gasteiger partial charge >= 0.3 is 0 Å². The van der Waals surface area contributed by atoms with E-state index >= 15 is 0 Å². The highest BCUT2D eigenvalue weighted by atomic mass is 35.7. The monoisotopic (exact) mass is 235 g/mol. The molecule has 0 saturated heterocycles. The van der Waals surface area contributed by atoms with Crippen molar-refractivity contribution < 1.29 is 33.9 Å². The van der Waals surface area contributed by atoms with Crippen LogP contribution in [-0.2, 0) is 0 Å². The van der Waals surface area contributed by atoms with Crippen LogP contribution in [0.25, 0.3) is 10.2 Å². The molecular weight excluding hydrogens is 230 g/mol. The molecule has 0 radical (unpaired) electrons. The van der Waals surface area contributed by atoms with E-state index in [4.69, 9.17) is 18.6 Å². The van der Waals surface area contributed by atoms with Crippen LogP contribution >= 0.6 is 11.3 Å². The predicted molar refractivity (Wildman–Crippen MR) is 38.4 cm³/mol. The lowest BCUT2D eigenvalue weighted by Crippen LogP contribution is -2.68. The van der Waals surface area contributed by atoms with Crippen molar-refractivity contribution in [1.29, 1.82) is 0 Å². The van der Waals surface area contributed by atoms with Gasteiger partial charge in [0.1, 0.15) is 4.70 Å². The highest BCUT2D eigenvalue weighted by Gasteiger charge is 1.96. The Labute approximate surface area is 85.6 Å². The van der Waals surface area contributed by atoms with Crippen LogP contribution in [0.5, 0.6) is 0 Å². The van der Waals surface area contributed by atoms with E-state index in [0.29, 0.717) is 0 Å². The number of aromatic nitrogens is 1. The number of fused-ring (bicyclic) bond motifs is 1. The van der Waals surface area contributed by atoms with Crippen molar-refractivity contribution >= 4 is 21.6 Å². The van der Waals surface area contributed by atoms with Gasteiger partial charge in [0, 0.05) is 6.07 Å². The molecule has 0 atom stereocenters. The molecule has 1 heterocycles. The van der Waals surface area contributed by atoms with E-state index in [-0.39, 0.29) is 0 Å². The molecule has 1 N–H and O–H groups in total. The van der Waals surface area contributed by atoms with Crippen LogP contribution in [0, 0.1) is 10.2 Å². The van der Waals surface area contributed by atoms with Crippen LogP contribution in [0.3, 0.4) is 0 Å². The molecule has 2 aromatic rings. The molecule has 0 aliphatic carbocycles. The first-order valence-electron chi connectivity index (χ1n) is 3.42. The third kappa shape index (κ3) is 4.47. The molecular formula is C7H6ClNO4S. The topological polar surface area (TPSA) is 106 Å². The lowest BCUT2D eigenvalue weighted by molar-refractivity contribution is -2.00. The molecule has 76 valence electrons. The molecule has 5 nitrogen and oxygen atoms in total. The SMILES string of the molecule is [O-][Cl+3]([O-])([O-])[O-].c1ccc2sc[nH+]c2c1. The minimum Gasteiger partial charge on any atom is -0.222 e. The molecule has 0 unspecified atom stereocenters. The number of rotatable bonds is 0. The van der Waals surface area contributed by atoms with Crippen molar-refractivity contribution in [2.75, 3.05) is 0 Å². The van der Waals surface area contributed by atoms with Gasteiger partial charge in [-0.15, -0.1) is 10.2 Å². The zero-order chi connectivity index (χ0) is 10.6. The van der Waals surface area contributed by atoms with E-state index in [1.807, 2.05) is 17.6 Å². The first-order valence-corrected chi connectivity index (χ1v) is 5.54. The second kappa shape index (κ2) is 4.65. The average Bonchev–Trinajstić information content (AvgIpc) is 2.47. The molecule has 1 aromatic carbocycles. The van der Waals surface area contributed by atoms with E-state index in [1.165, 1.54) is 10.2 Å².